The van der Waals surface area contributed by atoms with Crippen molar-refractivity contribution in [1.29, 1.82) is 0 Å². The quantitative estimate of drug-likeness (QED) is 0.220. The molecule has 0 aromatic heterocycles. The molecule has 1 aromatic rings. The third-order valence-corrected chi connectivity index (χ3v) is 5.06. The average molecular weight is 493 g/mol. The van der Waals surface area contributed by atoms with Gasteiger partial charge < -0.3 is 28.4 Å². The van der Waals surface area contributed by atoms with Crippen molar-refractivity contribution in [3.8, 4) is 0 Å². The van der Waals surface area contributed by atoms with Gasteiger partial charge in [0, 0.05) is 20.8 Å². The molecule has 0 amide bonds. The fourth-order valence-corrected chi connectivity index (χ4v) is 3.59. The highest BCUT2D eigenvalue weighted by Gasteiger charge is 2.49. The van der Waals surface area contributed by atoms with Crippen LogP contribution in [0.2, 0.25) is 0 Å². The molecule has 1 aliphatic rings. The maximum Gasteiger partial charge on any atom is 0.373 e. The fraction of sp³-hybridized carbons (Fsp3) is 0.520. The zero-order valence-corrected chi connectivity index (χ0v) is 20.8. The molecule has 2 rings (SSSR count). The fourth-order valence-electron chi connectivity index (χ4n) is 3.59. The largest absolute Gasteiger partial charge is 0.463 e. The first kappa shape index (κ1) is 27.8. The molecule has 0 saturated carbocycles. The lowest BCUT2D eigenvalue weighted by atomic mass is 9.91. The minimum Gasteiger partial charge on any atom is -0.463 e. The minimum absolute atomic E-state index is 0.119. The van der Waals surface area contributed by atoms with Gasteiger partial charge in [-0.2, -0.15) is 0 Å². The number of benzene rings is 1. The number of hydrogen-bond donors (Lipinski definition) is 0. The van der Waals surface area contributed by atoms with Crippen molar-refractivity contribution in [2.75, 3.05) is 13.2 Å². The van der Waals surface area contributed by atoms with Gasteiger partial charge in [-0.1, -0.05) is 36.8 Å². The summed E-state index contributed by atoms with van der Waals surface area (Å²) in [6, 6.07) is 7.39. The van der Waals surface area contributed by atoms with Crippen LogP contribution in [-0.4, -0.2) is 61.7 Å². The van der Waals surface area contributed by atoms with E-state index in [9.17, 15) is 19.2 Å². The van der Waals surface area contributed by atoms with Crippen LogP contribution in [0.25, 0.3) is 6.08 Å². The highest BCUT2D eigenvalue weighted by Crippen LogP contribution is 2.33. The first-order valence-electron chi connectivity index (χ1n) is 11.3. The Morgan fingerprint density at radius 3 is 2.17 bits per heavy atom. The molecule has 0 spiro atoms. The normalized spacial score (nSPS) is 24.2. The number of aryl methyl sites for hydroxylation is 1. The molecule has 0 N–H and O–H groups in total. The predicted octanol–water partition coefficient (Wildman–Crippen LogP) is 2.70. The second kappa shape index (κ2) is 12.9. The standard InChI is InChI=1S/C25H32O10/c1-7-30-24(29)20(12-19-10-8-9-14(2)11-19)34-25-15(3)22(32-17(5)27)23(33-18(6)28)21(35-25)13-31-16(4)26/h8-12,15,21-23,25H,7,13H2,1-6H3/b20-12-/t15-,21-,22-,23-,25-/m0/s1. The summed E-state index contributed by atoms with van der Waals surface area (Å²) in [5.41, 5.74) is 1.67. The molecule has 1 fully saturated rings. The average Bonchev–Trinajstić information content (AvgIpc) is 2.76. The van der Waals surface area contributed by atoms with Gasteiger partial charge in [0.1, 0.15) is 18.8 Å². The van der Waals surface area contributed by atoms with Gasteiger partial charge in [0.25, 0.3) is 0 Å². The maximum atomic E-state index is 12.7. The second-order valence-electron chi connectivity index (χ2n) is 8.11. The van der Waals surface area contributed by atoms with Gasteiger partial charge >= 0.3 is 23.9 Å². The molecular weight excluding hydrogens is 460 g/mol. The smallest absolute Gasteiger partial charge is 0.373 e. The first-order chi connectivity index (χ1) is 16.5. The Kier molecular flexibility index (Phi) is 10.3. The second-order valence-corrected chi connectivity index (χ2v) is 8.11. The van der Waals surface area contributed by atoms with Crippen LogP contribution in [0, 0.1) is 12.8 Å². The van der Waals surface area contributed by atoms with E-state index in [1.807, 2.05) is 25.1 Å². The summed E-state index contributed by atoms with van der Waals surface area (Å²) >= 11 is 0. The van der Waals surface area contributed by atoms with E-state index in [0.717, 1.165) is 5.56 Å². The van der Waals surface area contributed by atoms with Gasteiger partial charge in [-0.3, -0.25) is 14.4 Å². The van der Waals surface area contributed by atoms with E-state index in [4.69, 9.17) is 28.4 Å². The Labute approximate surface area is 204 Å². The molecule has 35 heavy (non-hydrogen) atoms. The van der Waals surface area contributed by atoms with E-state index in [1.54, 1.807) is 19.9 Å². The van der Waals surface area contributed by atoms with Crippen LogP contribution in [-0.2, 0) is 47.6 Å². The van der Waals surface area contributed by atoms with Crippen LogP contribution in [0.1, 0.15) is 45.7 Å². The van der Waals surface area contributed by atoms with Crippen molar-refractivity contribution in [3.63, 3.8) is 0 Å². The van der Waals surface area contributed by atoms with Crippen LogP contribution in [0.5, 0.6) is 0 Å². The van der Waals surface area contributed by atoms with Gasteiger partial charge in [0.2, 0.25) is 12.0 Å². The summed E-state index contributed by atoms with van der Waals surface area (Å²) in [6.45, 7) is 8.68. The lowest BCUT2D eigenvalue weighted by Gasteiger charge is -2.43. The van der Waals surface area contributed by atoms with Crippen LogP contribution < -0.4 is 0 Å². The molecule has 1 heterocycles. The predicted molar refractivity (Wildman–Crippen MR) is 122 cm³/mol. The Morgan fingerprint density at radius 1 is 0.943 bits per heavy atom. The number of esters is 4. The van der Waals surface area contributed by atoms with Crippen molar-refractivity contribution in [2.24, 2.45) is 5.92 Å². The van der Waals surface area contributed by atoms with Crippen LogP contribution in [0.4, 0.5) is 0 Å². The van der Waals surface area contributed by atoms with Gasteiger partial charge in [-0.05, 0) is 25.5 Å². The number of carbonyl (C=O) groups is 4. The van der Waals surface area contributed by atoms with E-state index in [1.165, 1.54) is 26.8 Å². The SMILES string of the molecule is CCOC(=O)/C(=C/c1cccc(C)c1)O[C@H]1O[C@@H](COC(C)=O)[C@H](OC(C)=O)[C@@H](OC(C)=O)[C@@H]1C. The summed E-state index contributed by atoms with van der Waals surface area (Å²) in [5, 5.41) is 0. The van der Waals surface area contributed by atoms with Crippen molar-refractivity contribution in [3.05, 3.63) is 41.2 Å². The minimum atomic E-state index is -1.13. The highest BCUT2D eigenvalue weighted by molar-refractivity contribution is 5.91. The molecule has 1 saturated heterocycles. The van der Waals surface area contributed by atoms with Gasteiger partial charge in [0.15, 0.2) is 6.10 Å². The van der Waals surface area contributed by atoms with Gasteiger partial charge in [-0.15, -0.1) is 0 Å². The molecule has 1 aliphatic heterocycles. The summed E-state index contributed by atoms with van der Waals surface area (Å²) < 4.78 is 33.0. The van der Waals surface area contributed by atoms with E-state index in [-0.39, 0.29) is 19.0 Å². The lowest BCUT2D eigenvalue weighted by molar-refractivity contribution is -0.279. The molecule has 0 unspecified atom stereocenters. The molecule has 192 valence electrons. The molecule has 1 aromatic carbocycles. The maximum absolute atomic E-state index is 12.7. The van der Waals surface area contributed by atoms with Crippen LogP contribution in [0.3, 0.4) is 0 Å². The Bertz CT molecular complexity index is 953. The number of hydrogen-bond acceptors (Lipinski definition) is 10. The van der Waals surface area contributed by atoms with E-state index in [0.29, 0.717) is 5.56 Å². The van der Waals surface area contributed by atoms with Crippen molar-refractivity contribution >= 4 is 30.0 Å². The van der Waals surface area contributed by atoms with Crippen LogP contribution >= 0.6 is 0 Å². The number of carbonyl (C=O) groups excluding carboxylic acids is 4. The molecule has 10 nitrogen and oxygen atoms in total. The zero-order valence-electron chi connectivity index (χ0n) is 20.8. The zero-order chi connectivity index (χ0) is 26.1. The van der Waals surface area contributed by atoms with E-state index in [2.05, 4.69) is 0 Å². The molecular formula is C25H32O10. The van der Waals surface area contributed by atoms with Gasteiger partial charge in [0.05, 0.1) is 12.5 Å². The lowest BCUT2D eigenvalue weighted by Crippen LogP contribution is -2.58. The van der Waals surface area contributed by atoms with Crippen molar-refractivity contribution in [2.45, 2.75) is 66.1 Å². The third-order valence-electron chi connectivity index (χ3n) is 5.06. The third kappa shape index (κ3) is 8.40. The summed E-state index contributed by atoms with van der Waals surface area (Å²) in [6.07, 6.45) is -2.72. The molecule has 0 bridgehead atoms. The Hall–Kier alpha value is -3.40. The van der Waals surface area contributed by atoms with Crippen LogP contribution in [0.15, 0.2) is 30.0 Å². The van der Waals surface area contributed by atoms with Crippen molar-refractivity contribution in [1.82, 2.24) is 0 Å². The summed E-state index contributed by atoms with van der Waals surface area (Å²) in [7, 11) is 0. The molecule has 5 atom stereocenters. The monoisotopic (exact) mass is 492 g/mol. The number of rotatable bonds is 9. The summed E-state index contributed by atoms with van der Waals surface area (Å²) in [5.74, 6) is -3.37. The van der Waals surface area contributed by atoms with Gasteiger partial charge in [-0.25, -0.2) is 4.79 Å². The number of ether oxygens (including phenoxy) is 6. The summed E-state index contributed by atoms with van der Waals surface area (Å²) in [4.78, 5) is 47.7. The molecule has 0 radical (unpaired) electrons. The highest BCUT2D eigenvalue weighted by atomic mass is 16.7. The Balaban J connectivity index is 2.43. The van der Waals surface area contributed by atoms with E-state index < -0.39 is 54.4 Å². The molecule has 0 aliphatic carbocycles. The Morgan fingerprint density at radius 2 is 1.60 bits per heavy atom. The first-order valence-corrected chi connectivity index (χ1v) is 11.3. The van der Waals surface area contributed by atoms with E-state index >= 15 is 0 Å². The topological polar surface area (TPSA) is 124 Å². The van der Waals surface area contributed by atoms with Crippen molar-refractivity contribution < 1.29 is 47.6 Å². The molecule has 10 heteroatoms.